The molecule has 30 heavy (non-hydrogen) atoms. The molecule has 2 amide bonds. The smallest absolute Gasteiger partial charge is 0.273 e. The van der Waals surface area contributed by atoms with Crippen molar-refractivity contribution in [2.75, 3.05) is 6.54 Å². The SMILES string of the molecule is CCNC(=O)[C@@H](CC)N(Cc1c(Cl)cccc1Cl)C(=O)Cc1ccccc1[N+](=O)[O-]. The number of rotatable bonds is 9. The standard InChI is InChI=1S/C21H23Cl2N3O4/c1-3-18(21(28)24-4-2)25(13-15-16(22)9-7-10-17(15)23)20(27)12-14-8-5-6-11-19(14)26(29)30/h5-11,18H,3-4,12-13H2,1-2H3,(H,24,28)/t18-/m1/s1. The van der Waals surface area contributed by atoms with Gasteiger partial charge >= 0.3 is 0 Å². The fraction of sp³-hybridized carbons (Fsp3) is 0.333. The first-order valence-corrected chi connectivity index (χ1v) is 10.3. The first-order chi connectivity index (χ1) is 14.3. The molecule has 0 saturated heterocycles. The number of benzene rings is 2. The molecule has 0 aromatic heterocycles. The summed E-state index contributed by atoms with van der Waals surface area (Å²) in [6, 6.07) is 10.3. The first-order valence-electron chi connectivity index (χ1n) is 9.52. The number of halogens is 2. The van der Waals surface area contributed by atoms with Crippen LogP contribution in [0.4, 0.5) is 5.69 Å². The maximum absolute atomic E-state index is 13.3. The molecule has 7 nitrogen and oxygen atoms in total. The lowest BCUT2D eigenvalue weighted by Gasteiger charge is -2.31. The molecule has 0 heterocycles. The van der Waals surface area contributed by atoms with Gasteiger partial charge in [0.25, 0.3) is 5.69 Å². The van der Waals surface area contributed by atoms with Crippen LogP contribution >= 0.6 is 23.2 Å². The van der Waals surface area contributed by atoms with E-state index in [1.807, 2.05) is 0 Å². The minimum atomic E-state index is -0.771. The van der Waals surface area contributed by atoms with Crippen LogP contribution in [0.15, 0.2) is 42.5 Å². The number of amides is 2. The van der Waals surface area contributed by atoms with E-state index < -0.39 is 16.9 Å². The Balaban J connectivity index is 2.43. The van der Waals surface area contributed by atoms with Crippen molar-refractivity contribution in [1.29, 1.82) is 0 Å². The Bertz CT molecular complexity index is 916. The molecule has 1 N–H and O–H groups in total. The summed E-state index contributed by atoms with van der Waals surface area (Å²) in [5.74, 6) is -0.738. The van der Waals surface area contributed by atoms with Crippen LogP contribution in [-0.4, -0.2) is 34.2 Å². The van der Waals surface area contributed by atoms with Gasteiger partial charge in [-0.25, -0.2) is 0 Å². The van der Waals surface area contributed by atoms with E-state index in [0.717, 1.165) is 0 Å². The Hall–Kier alpha value is -2.64. The van der Waals surface area contributed by atoms with Gasteiger partial charge < -0.3 is 10.2 Å². The summed E-state index contributed by atoms with van der Waals surface area (Å²) < 4.78 is 0. The fourth-order valence-electron chi connectivity index (χ4n) is 3.17. The average Bonchev–Trinajstić information content (AvgIpc) is 2.70. The van der Waals surface area contributed by atoms with E-state index >= 15 is 0 Å². The summed E-state index contributed by atoms with van der Waals surface area (Å²) in [5, 5.41) is 14.8. The van der Waals surface area contributed by atoms with Crippen LogP contribution in [0.1, 0.15) is 31.4 Å². The number of para-hydroxylation sites is 1. The Labute approximate surface area is 185 Å². The summed E-state index contributed by atoms with van der Waals surface area (Å²) in [7, 11) is 0. The highest BCUT2D eigenvalue weighted by molar-refractivity contribution is 6.36. The second-order valence-electron chi connectivity index (χ2n) is 6.60. The summed E-state index contributed by atoms with van der Waals surface area (Å²) in [4.78, 5) is 38.1. The summed E-state index contributed by atoms with van der Waals surface area (Å²) >= 11 is 12.6. The molecule has 0 radical (unpaired) electrons. The van der Waals surface area contributed by atoms with Gasteiger partial charge in [0.05, 0.1) is 11.3 Å². The van der Waals surface area contributed by atoms with Crippen molar-refractivity contribution in [3.8, 4) is 0 Å². The molecule has 0 fully saturated rings. The van der Waals surface area contributed by atoms with E-state index in [1.165, 1.54) is 23.1 Å². The zero-order valence-electron chi connectivity index (χ0n) is 16.7. The van der Waals surface area contributed by atoms with Gasteiger partial charge in [0.2, 0.25) is 11.8 Å². The lowest BCUT2D eigenvalue weighted by molar-refractivity contribution is -0.385. The Morgan fingerprint density at radius 2 is 1.73 bits per heavy atom. The number of carbonyl (C=O) groups is 2. The summed E-state index contributed by atoms with van der Waals surface area (Å²) in [5.41, 5.74) is 0.639. The molecular weight excluding hydrogens is 429 g/mol. The highest BCUT2D eigenvalue weighted by Gasteiger charge is 2.30. The van der Waals surface area contributed by atoms with Crippen molar-refractivity contribution < 1.29 is 14.5 Å². The van der Waals surface area contributed by atoms with Crippen molar-refractivity contribution in [3.05, 3.63) is 73.8 Å². The Kier molecular flexibility index (Phi) is 8.62. The largest absolute Gasteiger partial charge is 0.355 e. The second kappa shape index (κ2) is 10.9. The van der Waals surface area contributed by atoms with Gasteiger partial charge in [0.1, 0.15) is 6.04 Å². The highest BCUT2D eigenvalue weighted by atomic mass is 35.5. The molecule has 0 aliphatic rings. The quantitative estimate of drug-likeness (QED) is 0.451. The lowest BCUT2D eigenvalue weighted by Crippen LogP contribution is -2.49. The number of nitro groups is 1. The van der Waals surface area contributed by atoms with Gasteiger partial charge in [0, 0.05) is 40.3 Å². The van der Waals surface area contributed by atoms with Crippen LogP contribution in [0, 0.1) is 10.1 Å². The average molecular weight is 452 g/mol. The van der Waals surface area contributed by atoms with Gasteiger partial charge in [-0.2, -0.15) is 0 Å². The minimum Gasteiger partial charge on any atom is -0.355 e. The Morgan fingerprint density at radius 3 is 2.30 bits per heavy atom. The summed E-state index contributed by atoms with van der Waals surface area (Å²) in [6.07, 6.45) is 0.131. The molecule has 2 rings (SSSR count). The highest BCUT2D eigenvalue weighted by Crippen LogP contribution is 2.28. The lowest BCUT2D eigenvalue weighted by atomic mass is 10.1. The molecule has 1 atom stereocenters. The van der Waals surface area contributed by atoms with Crippen LogP contribution in [-0.2, 0) is 22.6 Å². The number of nitrogens with zero attached hydrogens (tertiary/aromatic N) is 2. The molecule has 160 valence electrons. The van der Waals surface area contributed by atoms with Crippen molar-refractivity contribution in [2.24, 2.45) is 0 Å². The number of likely N-dealkylation sites (N-methyl/N-ethyl adjacent to an activating group) is 1. The van der Waals surface area contributed by atoms with Crippen LogP contribution in [0.3, 0.4) is 0 Å². The number of carbonyl (C=O) groups excluding carboxylic acids is 2. The fourth-order valence-corrected chi connectivity index (χ4v) is 3.69. The molecule has 0 aliphatic heterocycles. The molecule has 0 aliphatic carbocycles. The second-order valence-corrected chi connectivity index (χ2v) is 7.42. The number of hydrogen-bond donors (Lipinski definition) is 1. The molecule has 0 bridgehead atoms. The topological polar surface area (TPSA) is 92.6 Å². The zero-order valence-corrected chi connectivity index (χ0v) is 18.2. The van der Waals surface area contributed by atoms with Gasteiger partial charge in [0.15, 0.2) is 0 Å². The number of hydrogen-bond acceptors (Lipinski definition) is 4. The van der Waals surface area contributed by atoms with Gasteiger partial charge in [-0.15, -0.1) is 0 Å². The van der Waals surface area contributed by atoms with Crippen molar-refractivity contribution in [2.45, 2.75) is 39.3 Å². The third-order valence-electron chi connectivity index (χ3n) is 4.66. The monoisotopic (exact) mass is 451 g/mol. The minimum absolute atomic E-state index is 0.00755. The first kappa shape index (κ1) is 23.6. The van der Waals surface area contributed by atoms with E-state index in [0.29, 0.717) is 28.6 Å². The van der Waals surface area contributed by atoms with Gasteiger partial charge in [-0.05, 0) is 25.5 Å². The third kappa shape index (κ3) is 5.70. The molecule has 0 unspecified atom stereocenters. The van der Waals surface area contributed by atoms with E-state index in [1.54, 1.807) is 38.1 Å². The third-order valence-corrected chi connectivity index (χ3v) is 5.37. The molecule has 9 heteroatoms. The maximum atomic E-state index is 13.3. The van der Waals surface area contributed by atoms with E-state index in [2.05, 4.69) is 5.32 Å². The van der Waals surface area contributed by atoms with E-state index in [4.69, 9.17) is 23.2 Å². The molecule has 0 saturated carbocycles. The molecule has 2 aromatic rings. The predicted octanol–water partition coefficient (Wildman–Crippen LogP) is 4.39. The van der Waals surface area contributed by atoms with Crippen molar-refractivity contribution in [3.63, 3.8) is 0 Å². The maximum Gasteiger partial charge on any atom is 0.273 e. The number of nitro benzene ring substituents is 1. The van der Waals surface area contributed by atoms with Crippen LogP contribution in [0.2, 0.25) is 10.0 Å². The molecular formula is C21H23Cl2N3O4. The summed E-state index contributed by atoms with van der Waals surface area (Å²) in [6.45, 7) is 4.00. The Morgan fingerprint density at radius 1 is 1.10 bits per heavy atom. The molecule has 0 spiro atoms. The van der Waals surface area contributed by atoms with Crippen LogP contribution in [0.25, 0.3) is 0 Å². The number of nitrogens with one attached hydrogen (secondary N) is 1. The van der Waals surface area contributed by atoms with E-state index in [9.17, 15) is 19.7 Å². The van der Waals surface area contributed by atoms with Gasteiger partial charge in [-0.3, -0.25) is 19.7 Å². The predicted molar refractivity (Wildman–Crippen MR) is 117 cm³/mol. The van der Waals surface area contributed by atoms with Crippen LogP contribution < -0.4 is 5.32 Å². The zero-order chi connectivity index (χ0) is 22.3. The van der Waals surface area contributed by atoms with Crippen LogP contribution in [0.5, 0.6) is 0 Å². The van der Waals surface area contributed by atoms with Crippen molar-refractivity contribution >= 4 is 40.7 Å². The molecule has 2 aromatic carbocycles. The normalized spacial score (nSPS) is 11.6. The van der Waals surface area contributed by atoms with E-state index in [-0.39, 0.29) is 30.1 Å². The van der Waals surface area contributed by atoms with Gasteiger partial charge in [-0.1, -0.05) is 54.4 Å². The van der Waals surface area contributed by atoms with Crippen molar-refractivity contribution in [1.82, 2.24) is 10.2 Å².